The second kappa shape index (κ2) is 5.14. The van der Waals surface area contributed by atoms with Crippen molar-refractivity contribution >= 4 is 15.9 Å². The lowest BCUT2D eigenvalue weighted by atomic mass is 9.93. The molecule has 2 nitrogen and oxygen atoms in total. The molecule has 0 aliphatic carbocycles. The lowest BCUT2D eigenvalue weighted by molar-refractivity contribution is 0.160. The Morgan fingerprint density at radius 2 is 1.70 bits per heavy atom. The van der Waals surface area contributed by atoms with Crippen LogP contribution in [0.5, 0.6) is 5.75 Å². The molecule has 1 aliphatic rings. The molecule has 1 unspecified atom stereocenters. The van der Waals surface area contributed by atoms with Crippen molar-refractivity contribution in [3.63, 3.8) is 0 Å². The van der Waals surface area contributed by atoms with Crippen LogP contribution in [0.15, 0.2) is 40.9 Å². The lowest BCUT2D eigenvalue weighted by Gasteiger charge is -2.31. The first-order valence-corrected chi connectivity index (χ1v) is 7.00. The molecule has 0 amide bonds. The fourth-order valence-electron chi connectivity index (χ4n) is 2.43. The van der Waals surface area contributed by atoms with E-state index in [0.717, 1.165) is 4.47 Å². The molecule has 0 bridgehead atoms. The average molecular weight is 340 g/mol. The number of benzene rings is 2. The first kappa shape index (κ1) is 13.5. The number of hydrogen-bond acceptors (Lipinski definition) is 2. The monoisotopic (exact) mass is 339 g/mol. The summed E-state index contributed by atoms with van der Waals surface area (Å²) in [5, 5.41) is 0. The van der Waals surface area contributed by atoms with E-state index < -0.39 is 0 Å². The van der Waals surface area contributed by atoms with Gasteiger partial charge in [0.05, 0.1) is 0 Å². The molecule has 0 radical (unpaired) electrons. The largest absolute Gasteiger partial charge is 0.485 e. The average Bonchev–Trinajstić information content (AvgIpc) is 2.42. The highest BCUT2D eigenvalue weighted by Crippen LogP contribution is 2.41. The molecule has 0 saturated carbocycles. The highest BCUT2D eigenvalue weighted by Gasteiger charge is 2.28. The molecule has 20 heavy (non-hydrogen) atoms. The van der Waals surface area contributed by atoms with Gasteiger partial charge >= 0.3 is 0 Å². The molecule has 2 N–H and O–H groups in total. The molecule has 2 atom stereocenters. The third-order valence-electron chi connectivity index (χ3n) is 3.41. The minimum Gasteiger partial charge on any atom is -0.485 e. The van der Waals surface area contributed by atoms with Gasteiger partial charge in [-0.15, -0.1) is 0 Å². The van der Waals surface area contributed by atoms with Gasteiger partial charge in [0, 0.05) is 28.1 Å². The van der Waals surface area contributed by atoms with Gasteiger partial charge in [0.25, 0.3) is 0 Å². The highest BCUT2D eigenvalue weighted by molar-refractivity contribution is 9.10. The Morgan fingerprint density at radius 1 is 1.05 bits per heavy atom. The van der Waals surface area contributed by atoms with Crippen LogP contribution < -0.4 is 10.5 Å². The van der Waals surface area contributed by atoms with Gasteiger partial charge in [-0.2, -0.15) is 0 Å². The number of fused-ring (bicyclic) bond motifs is 1. The predicted octanol–water partition coefficient (Wildman–Crippen LogP) is 4.25. The number of hydrogen-bond donors (Lipinski definition) is 1. The summed E-state index contributed by atoms with van der Waals surface area (Å²) < 4.78 is 33.2. The maximum atomic E-state index is 13.4. The smallest absolute Gasteiger partial charge is 0.127 e. The SMILES string of the molecule is N[C@H]1CC(c2cc(F)ccc2Br)Oc2ccc(F)cc21. The molecule has 1 aliphatic heterocycles. The van der Waals surface area contributed by atoms with Crippen LogP contribution >= 0.6 is 15.9 Å². The summed E-state index contributed by atoms with van der Waals surface area (Å²) in [6.45, 7) is 0. The number of ether oxygens (including phenoxy) is 1. The molecule has 0 fully saturated rings. The van der Waals surface area contributed by atoms with Crippen LogP contribution in [0.3, 0.4) is 0 Å². The van der Waals surface area contributed by atoms with Crippen molar-refractivity contribution in [2.75, 3.05) is 0 Å². The third kappa shape index (κ3) is 2.43. The van der Waals surface area contributed by atoms with E-state index in [1.807, 2.05) is 0 Å². The Kier molecular flexibility index (Phi) is 3.48. The van der Waals surface area contributed by atoms with E-state index in [1.165, 1.54) is 24.3 Å². The molecule has 0 spiro atoms. The van der Waals surface area contributed by atoms with Crippen LogP contribution in [0.1, 0.15) is 29.7 Å². The zero-order valence-electron chi connectivity index (χ0n) is 10.4. The van der Waals surface area contributed by atoms with Gasteiger partial charge in [-0.1, -0.05) is 15.9 Å². The van der Waals surface area contributed by atoms with Crippen LogP contribution in [0.4, 0.5) is 8.78 Å². The van der Waals surface area contributed by atoms with Gasteiger partial charge in [0.15, 0.2) is 0 Å². The van der Waals surface area contributed by atoms with Crippen molar-refractivity contribution < 1.29 is 13.5 Å². The van der Waals surface area contributed by atoms with Crippen molar-refractivity contribution in [1.29, 1.82) is 0 Å². The van der Waals surface area contributed by atoms with Gasteiger partial charge in [-0.3, -0.25) is 0 Å². The molecular formula is C15H12BrF2NO. The van der Waals surface area contributed by atoms with E-state index in [9.17, 15) is 8.78 Å². The molecule has 104 valence electrons. The van der Waals surface area contributed by atoms with E-state index in [0.29, 0.717) is 23.3 Å². The molecule has 5 heteroatoms. The second-order valence-corrected chi connectivity index (χ2v) is 5.65. The summed E-state index contributed by atoms with van der Waals surface area (Å²) in [4.78, 5) is 0. The van der Waals surface area contributed by atoms with Crippen molar-refractivity contribution in [2.24, 2.45) is 5.73 Å². The summed E-state index contributed by atoms with van der Waals surface area (Å²) in [6, 6.07) is 8.37. The molecule has 0 aromatic heterocycles. The number of nitrogens with two attached hydrogens (primary N) is 1. The van der Waals surface area contributed by atoms with Crippen molar-refractivity contribution in [2.45, 2.75) is 18.6 Å². The van der Waals surface area contributed by atoms with Crippen LogP contribution in [0.2, 0.25) is 0 Å². The van der Waals surface area contributed by atoms with Crippen LogP contribution in [0.25, 0.3) is 0 Å². The minimum atomic E-state index is -0.354. The highest BCUT2D eigenvalue weighted by atomic mass is 79.9. The topological polar surface area (TPSA) is 35.2 Å². The fraction of sp³-hybridized carbons (Fsp3) is 0.200. The summed E-state index contributed by atoms with van der Waals surface area (Å²) in [5.41, 5.74) is 7.43. The summed E-state index contributed by atoms with van der Waals surface area (Å²) in [6.07, 6.45) is 0.117. The van der Waals surface area contributed by atoms with Crippen molar-refractivity contribution in [3.8, 4) is 5.75 Å². The summed E-state index contributed by atoms with van der Waals surface area (Å²) >= 11 is 3.39. The summed E-state index contributed by atoms with van der Waals surface area (Å²) in [7, 11) is 0. The first-order valence-electron chi connectivity index (χ1n) is 6.21. The van der Waals surface area contributed by atoms with E-state index in [1.54, 1.807) is 12.1 Å². The third-order valence-corrected chi connectivity index (χ3v) is 4.14. The van der Waals surface area contributed by atoms with Crippen LogP contribution in [-0.4, -0.2) is 0 Å². The Labute approximate surface area is 123 Å². The van der Waals surface area contributed by atoms with Gasteiger partial charge in [-0.05, 0) is 36.4 Å². The van der Waals surface area contributed by atoms with Crippen molar-refractivity contribution in [3.05, 3.63) is 63.6 Å². The number of halogens is 3. The van der Waals surface area contributed by atoms with Crippen molar-refractivity contribution in [1.82, 2.24) is 0 Å². The fourth-order valence-corrected chi connectivity index (χ4v) is 2.93. The normalized spacial score (nSPS) is 21.2. The summed E-state index contributed by atoms with van der Waals surface area (Å²) in [5.74, 6) is -0.121. The Morgan fingerprint density at radius 3 is 2.45 bits per heavy atom. The van der Waals surface area contributed by atoms with Crippen LogP contribution in [-0.2, 0) is 0 Å². The van der Waals surface area contributed by atoms with E-state index in [-0.39, 0.29) is 23.8 Å². The Bertz CT molecular complexity index is 662. The molecule has 1 heterocycles. The molecular weight excluding hydrogens is 328 g/mol. The quantitative estimate of drug-likeness (QED) is 0.842. The maximum Gasteiger partial charge on any atom is 0.127 e. The molecule has 2 aromatic carbocycles. The lowest BCUT2D eigenvalue weighted by Crippen LogP contribution is -2.24. The van der Waals surface area contributed by atoms with E-state index >= 15 is 0 Å². The predicted molar refractivity (Wildman–Crippen MR) is 75.4 cm³/mol. The van der Waals surface area contributed by atoms with E-state index in [4.69, 9.17) is 10.5 Å². The van der Waals surface area contributed by atoms with Crippen LogP contribution in [0, 0.1) is 11.6 Å². The standard InChI is InChI=1S/C15H12BrF2NO/c16-12-3-1-8(17)5-10(12)15-7-13(19)11-6-9(18)2-4-14(11)20-15/h1-6,13,15H,7,19H2/t13-,15?/m0/s1. The Hall–Kier alpha value is -1.46. The maximum absolute atomic E-state index is 13.4. The number of rotatable bonds is 1. The first-order chi connectivity index (χ1) is 9.54. The van der Waals surface area contributed by atoms with E-state index in [2.05, 4.69) is 15.9 Å². The Balaban J connectivity index is 1.99. The minimum absolute atomic E-state index is 0.328. The van der Waals surface area contributed by atoms with Gasteiger partial charge in [0.2, 0.25) is 0 Å². The molecule has 3 rings (SSSR count). The molecule has 0 saturated heterocycles. The zero-order valence-corrected chi connectivity index (χ0v) is 12.0. The zero-order chi connectivity index (χ0) is 14.3. The van der Waals surface area contributed by atoms with Gasteiger partial charge < -0.3 is 10.5 Å². The van der Waals surface area contributed by atoms with Gasteiger partial charge in [-0.25, -0.2) is 8.78 Å². The molecule has 2 aromatic rings. The second-order valence-electron chi connectivity index (χ2n) is 4.80. The van der Waals surface area contributed by atoms with Gasteiger partial charge in [0.1, 0.15) is 23.5 Å².